The number of fused-ring (bicyclic) bond motifs is 5. The Bertz CT molecular complexity index is 854. The smallest absolute Gasteiger partial charge is 0.232 e. The number of carbonyl (C=O) groups excluding carboxylic acids is 2. The van der Waals surface area contributed by atoms with Crippen LogP contribution in [0.4, 0.5) is 5.82 Å². The predicted molar refractivity (Wildman–Crippen MR) is 114 cm³/mol. The number of anilines is 1. The highest BCUT2D eigenvalue weighted by molar-refractivity contribution is 6.29. The van der Waals surface area contributed by atoms with E-state index in [1.54, 1.807) is 17.3 Å². The fraction of sp³-hybridized carbons (Fsp3) is 0.636. The molecule has 0 aromatic carbocycles. The molecule has 2 aliphatic carbocycles. The number of hydrogen-bond donors (Lipinski definition) is 0. The molecule has 0 N–H and O–H groups in total. The average molecular weight is 430 g/mol. The number of rotatable bonds is 6. The Kier molecular flexibility index (Phi) is 5.50. The SMILES string of the molecule is O=C1C2CC(C(=O)N1CCCCN1CCN(c3cncc(Cl)n3)CC1)C1CC=CC21. The van der Waals surface area contributed by atoms with Gasteiger partial charge in [-0.1, -0.05) is 23.8 Å². The van der Waals surface area contributed by atoms with Gasteiger partial charge in [-0.25, -0.2) is 4.98 Å². The van der Waals surface area contributed by atoms with Gasteiger partial charge in [0.2, 0.25) is 11.8 Å². The summed E-state index contributed by atoms with van der Waals surface area (Å²) in [6, 6.07) is 0. The van der Waals surface area contributed by atoms with Crippen LogP contribution in [0.25, 0.3) is 0 Å². The summed E-state index contributed by atoms with van der Waals surface area (Å²) >= 11 is 5.95. The number of nitrogens with zero attached hydrogens (tertiary/aromatic N) is 5. The number of amides is 2. The molecule has 2 aliphatic heterocycles. The van der Waals surface area contributed by atoms with Crippen molar-refractivity contribution in [3.63, 3.8) is 0 Å². The van der Waals surface area contributed by atoms with Gasteiger partial charge >= 0.3 is 0 Å². The first kappa shape index (κ1) is 19.9. The molecule has 8 heteroatoms. The van der Waals surface area contributed by atoms with Crippen molar-refractivity contribution in [1.29, 1.82) is 0 Å². The van der Waals surface area contributed by atoms with Crippen molar-refractivity contribution < 1.29 is 9.59 Å². The zero-order valence-corrected chi connectivity index (χ0v) is 17.9. The van der Waals surface area contributed by atoms with Crippen LogP contribution in [0.2, 0.25) is 5.15 Å². The van der Waals surface area contributed by atoms with E-state index in [0.717, 1.165) is 64.2 Å². The topological polar surface area (TPSA) is 69.6 Å². The Balaban J connectivity index is 1.07. The number of carbonyl (C=O) groups is 2. The van der Waals surface area contributed by atoms with Crippen LogP contribution in [0.5, 0.6) is 0 Å². The number of piperazine rings is 1. The average Bonchev–Trinajstić information content (AvgIpc) is 3.34. The highest BCUT2D eigenvalue weighted by atomic mass is 35.5. The van der Waals surface area contributed by atoms with Crippen molar-refractivity contribution in [3.05, 3.63) is 29.7 Å². The number of likely N-dealkylation sites (tertiary alicyclic amines) is 1. The third kappa shape index (κ3) is 3.62. The molecular weight excluding hydrogens is 402 g/mol. The molecule has 30 heavy (non-hydrogen) atoms. The molecule has 3 heterocycles. The van der Waals surface area contributed by atoms with Gasteiger partial charge in [-0.05, 0) is 44.1 Å². The third-order valence-corrected chi connectivity index (χ3v) is 7.49. The van der Waals surface area contributed by atoms with Crippen LogP contribution in [0.15, 0.2) is 24.5 Å². The minimum Gasteiger partial charge on any atom is -0.353 e. The van der Waals surface area contributed by atoms with Crippen LogP contribution in [0.1, 0.15) is 25.7 Å². The summed E-state index contributed by atoms with van der Waals surface area (Å²) in [5.41, 5.74) is 0. The first-order valence-corrected chi connectivity index (χ1v) is 11.5. The molecular formula is C22H28ClN5O2. The van der Waals surface area contributed by atoms with Crippen LogP contribution in [0, 0.1) is 23.7 Å². The van der Waals surface area contributed by atoms with E-state index in [0.29, 0.717) is 23.5 Å². The molecule has 5 rings (SSSR count). The van der Waals surface area contributed by atoms with E-state index in [9.17, 15) is 9.59 Å². The summed E-state index contributed by atoms with van der Waals surface area (Å²) < 4.78 is 0. The lowest BCUT2D eigenvalue weighted by molar-refractivity contribution is -0.153. The van der Waals surface area contributed by atoms with Crippen molar-refractivity contribution in [2.45, 2.75) is 25.7 Å². The minimum atomic E-state index is 0.0408. The van der Waals surface area contributed by atoms with Gasteiger partial charge in [0.15, 0.2) is 0 Å². The Labute approximate surface area is 182 Å². The number of piperidine rings is 1. The Morgan fingerprint density at radius 1 is 1.00 bits per heavy atom. The highest BCUT2D eigenvalue weighted by Gasteiger charge is 2.55. The second-order valence-corrected chi connectivity index (χ2v) is 9.30. The monoisotopic (exact) mass is 429 g/mol. The lowest BCUT2D eigenvalue weighted by atomic mass is 9.90. The van der Waals surface area contributed by atoms with Gasteiger partial charge in [-0.2, -0.15) is 0 Å². The van der Waals surface area contributed by atoms with E-state index in [1.165, 1.54) is 0 Å². The molecule has 4 aliphatic rings. The predicted octanol–water partition coefficient (Wildman–Crippen LogP) is 2.23. The fourth-order valence-electron chi connectivity index (χ4n) is 5.73. The zero-order valence-electron chi connectivity index (χ0n) is 17.1. The molecule has 1 aromatic heterocycles. The number of imide groups is 1. The molecule has 2 bridgehead atoms. The lowest BCUT2D eigenvalue weighted by Crippen LogP contribution is -2.48. The second kappa shape index (κ2) is 8.27. The molecule has 0 radical (unpaired) electrons. The Hall–Kier alpha value is -1.99. The molecule has 0 spiro atoms. The molecule has 4 atom stereocenters. The maximum Gasteiger partial charge on any atom is 0.232 e. The van der Waals surface area contributed by atoms with E-state index in [2.05, 4.69) is 31.9 Å². The molecule has 1 saturated carbocycles. The molecule has 7 nitrogen and oxygen atoms in total. The third-order valence-electron chi connectivity index (χ3n) is 7.31. The first-order valence-electron chi connectivity index (χ1n) is 11.1. The quantitative estimate of drug-likeness (QED) is 0.392. The summed E-state index contributed by atoms with van der Waals surface area (Å²) in [4.78, 5) is 40.4. The van der Waals surface area contributed by atoms with Gasteiger partial charge in [-0.3, -0.25) is 24.4 Å². The molecule has 4 unspecified atom stereocenters. The standard InChI is InChI=1S/C22H28ClN5O2/c23-19-13-24-14-20(25-19)27-10-8-26(9-11-27)6-1-2-7-28-21(29)17-12-18(22(28)30)16-5-3-4-15(16)17/h3-4,13-18H,1-2,5-12H2. The Morgan fingerprint density at radius 2 is 1.77 bits per heavy atom. The fourth-order valence-corrected chi connectivity index (χ4v) is 5.88. The Morgan fingerprint density at radius 3 is 2.57 bits per heavy atom. The maximum atomic E-state index is 12.9. The van der Waals surface area contributed by atoms with Crippen molar-refractivity contribution >= 4 is 29.2 Å². The van der Waals surface area contributed by atoms with Crippen LogP contribution in [-0.4, -0.2) is 70.9 Å². The molecule has 3 fully saturated rings. The van der Waals surface area contributed by atoms with Gasteiger partial charge < -0.3 is 4.90 Å². The maximum absolute atomic E-state index is 12.9. The lowest BCUT2D eigenvalue weighted by Gasteiger charge is -2.35. The van der Waals surface area contributed by atoms with Crippen molar-refractivity contribution in [3.8, 4) is 0 Å². The molecule has 2 amide bonds. The molecule has 2 saturated heterocycles. The highest BCUT2D eigenvalue weighted by Crippen LogP contribution is 2.51. The van der Waals surface area contributed by atoms with Crippen molar-refractivity contribution in [2.75, 3.05) is 44.2 Å². The van der Waals surface area contributed by atoms with E-state index in [4.69, 9.17) is 11.6 Å². The number of allylic oxidation sites excluding steroid dienone is 2. The van der Waals surface area contributed by atoms with Crippen LogP contribution < -0.4 is 4.90 Å². The number of hydrogen-bond acceptors (Lipinski definition) is 6. The van der Waals surface area contributed by atoms with Crippen LogP contribution in [-0.2, 0) is 9.59 Å². The normalized spacial score (nSPS) is 31.0. The number of aromatic nitrogens is 2. The summed E-state index contributed by atoms with van der Waals surface area (Å²) in [7, 11) is 0. The number of halogens is 1. The van der Waals surface area contributed by atoms with Gasteiger partial charge in [0.05, 0.1) is 12.4 Å². The summed E-state index contributed by atoms with van der Waals surface area (Å²) in [6.07, 6.45) is 11.2. The van der Waals surface area contributed by atoms with Crippen molar-refractivity contribution in [2.24, 2.45) is 23.7 Å². The molecule has 1 aromatic rings. The summed E-state index contributed by atoms with van der Waals surface area (Å²) in [6.45, 7) is 5.30. The van der Waals surface area contributed by atoms with Crippen LogP contribution in [0.3, 0.4) is 0 Å². The van der Waals surface area contributed by atoms with Gasteiger partial charge in [-0.15, -0.1) is 0 Å². The summed E-state index contributed by atoms with van der Waals surface area (Å²) in [5.74, 6) is 1.78. The largest absolute Gasteiger partial charge is 0.353 e. The van der Waals surface area contributed by atoms with Crippen molar-refractivity contribution in [1.82, 2.24) is 19.8 Å². The molecule has 160 valence electrons. The van der Waals surface area contributed by atoms with Gasteiger partial charge in [0, 0.05) is 44.6 Å². The minimum absolute atomic E-state index is 0.0408. The summed E-state index contributed by atoms with van der Waals surface area (Å²) in [5, 5.41) is 0.421. The first-order chi connectivity index (χ1) is 14.6. The van der Waals surface area contributed by atoms with Gasteiger partial charge in [0.25, 0.3) is 0 Å². The number of unbranched alkanes of at least 4 members (excludes halogenated alkanes) is 1. The van der Waals surface area contributed by atoms with E-state index < -0.39 is 0 Å². The van der Waals surface area contributed by atoms with E-state index in [-0.39, 0.29) is 23.7 Å². The second-order valence-electron chi connectivity index (χ2n) is 8.92. The van der Waals surface area contributed by atoms with E-state index in [1.807, 2.05) is 0 Å². The van der Waals surface area contributed by atoms with E-state index >= 15 is 0 Å². The van der Waals surface area contributed by atoms with Gasteiger partial charge in [0.1, 0.15) is 11.0 Å². The zero-order chi connectivity index (χ0) is 20.7. The van der Waals surface area contributed by atoms with Crippen LogP contribution >= 0.6 is 11.6 Å².